The van der Waals surface area contributed by atoms with Gasteiger partial charge in [0.2, 0.25) is 0 Å². The number of thiophene rings is 1. The van der Waals surface area contributed by atoms with E-state index in [2.05, 4.69) is 9.97 Å². The molecule has 0 amide bonds. The minimum absolute atomic E-state index is 0.0206. The number of esters is 1. The standard InChI is InChI=1S/C14H12N2O3S/c1-2-19-11(17)7-10-15-13(18)12-8-5-3-4-6-9(8)20-14(12)16-10/h3-6H,2,7H2,1H3,(H,15,16,18). The maximum Gasteiger partial charge on any atom is 0.313 e. The molecule has 102 valence electrons. The lowest BCUT2D eigenvalue weighted by atomic mass is 10.2. The Balaban J connectivity index is 2.12. The number of nitrogens with one attached hydrogen (secondary N) is 1. The summed E-state index contributed by atoms with van der Waals surface area (Å²) in [5, 5.41) is 1.47. The molecule has 0 aliphatic rings. The van der Waals surface area contributed by atoms with Gasteiger partial charge in [-0.15, -0.1) is 11.3 Å². The molecule has 0 saturated heterocycles. The molecule has 0 fully saturated rings. The van der Waals surface area contributed by atoms with Crippen LogP contribution in [0.2, 0.25) is 0 Å². The first-order chi connectivity index (χ1) is 9.69. The van der Waals surface area contributed by atoms with Crippen LogP contribution in [0.3, 0.4) is 0 Å². The second kappa shape index (κ2) is 5.05. The molecule has 0 radical (unpaired) electrons. The summed E-state index contributed by atoms with van der Waals surface area (Å²) in [6, 6.07) is 7.66. The zero-order valence-corrected chi connectivity index (χ0v) is 11.6. The van der Waals surface area contributed by atoms with Crippen molar-refractivity contribution in [2.45, 2.75) is 13.3 Å². The Labute approximate surface area is 118 Å². The second-order valence-electron chi connectivity index (χ2n) is 4.27. The normalized spacial score (nSPS) is 11.1. The predicted molar refractivity (Wildman–Crippen MR) is 78.1 cm³/mol. The summed E-state index contributed by atoms with van der Waals surface area (Å²) in [6.45, 7) is 2.05. The summed E-state index contributed by atoms with van der Waals surface area (Å²) in [7, 11) is 0. The molecular formula is C14H12N2O3S. The molecule has 6 heteroatoms. The predicted octanol–water partition coefficient (Wildman–Crippen LogP) is 2.24. The first-order valence-electron chi connectivity index (χ1n) is 6.25. The van der Waals surface area contributed by atoms with Crippen molar-refractivity contribution in [3.63, 3.8) is 0 Å². The van der Waals surface area contributed by atoms with Crippen LogP contribution in [0.15, 0.2) is 29.1 Å². The number of H-pyrrole nitrogens is 1. The zero-order valence-electron chi connectivity index (χ0n) is 10.8. The van der Waals surface area contributed by atoms with Gasteiger partial charge in [0.05, 0.1) is 12.0 Å². The zero-order chi connectivity index (χ0) is 14.1. The average Bonchev–Trinajstić information content (AvgIpc) is 2.77. The molecule has 0 atom stereocenters. The first kappa shape index (κ1) is 12.8. The summed E-state index contributed by atoms with van der Waals surface area (Å²) in [5.74, 6) is -0.0522. The van der Waals surface area contributed by atoms with Crippen LogP contribution in [-0.4, -0.2) is 22.5 Å². The van der Waals surface area contributed by atoms with Gasteiger partial charge in [0.25, 0.3) is 5.56 Å². The number of carbonyl (C=O) groups excluding carboxylic acids is 1. The van der Waals surface area contributed by atoms with Gasteiger partial charge in [0, 0.05) is 10.1 Å². The molecule has 20 heavy (non-hydrogen) atoms. The number of fused-ring (bicyclic) bond motifs is 3. The van der Waals surface area contributed by atoms with Gasteiger partial charge in [-0.2, -0.15) is 0 Å². The molecule has 0 spiro atoms. The number of benzene rings is 1. The molecule has 2 heterocycles. The summed E-state index contributed by atoms with van der Waals surface area (Å²) < 4.78 is 5.87. The van der Waals surface area contributed by atoms with Gasteiger partial charge in [0.1, 0.15) is 17.1 Å². The molecule has 3 rings (SSSR count). The molecule has 1 aromatic carbocycles. The van der Waals surface area contributed by atoms with Gasteiger partial charge in [-0.1, -0.05) is 18.2 Å². The van der Waals surface area contributed by atoms with E-state index in [9.17, 15) is 9.59 Å². The highest BCUT2D eigenvalue weighted by Crippen LogP contribution is 2.29. The topological polar surface area (TPSA) is 72.0 Å². The second-order valence-corrected chi connectivity index (χ2v) is 5.30. The highest BCUT2D eigenvalue weighted by atomic mass is 32.1. The summed E-state index contributed by atoms with van der Waals surface area (Å²) in [6.07, 6.45) is -0.0206. The molecule has 2 aromatic heterocycles. The quantitative estimate of drug-likeness (QED) is 0.750. The SMILES string of the molecule is CCOC(=O)Cc1nc2sc3ccccc3c2c(=O)[nH]1. The number of ether oxygens (including phenoxy) is 1. The molecule has 3 aromatic rings. The lowest BCUT2D eigenvalue weighted by Gasteiger charge is -2.01. The number of hydrogen-bond acceptors (Lipinski definition) is 5. The Morgan fingerprint density at radius 1 is 1.40 bits per heavy atom. The molecule has 5 nitrogen and oxygen atoms in total. The van der Waals surface area contributed by atoms with Gasteiger partial charge in [-0.05, 0) is 13.0 Å². The van der Waals surface area contributed by atoms with Crippen molar-refractivity contribution in [2.24, 2.45) is 0 Å². The lowest BCUT2D eigenvalue weighted by Crippen LogP contribution is -2.15. The van der Waals surface area contributed by atoms with E-state index in [-0.39, 0.29) is 12.0 Å². The van der Waals surface area contributed by atoms with Crippen LogP contribution in [0, 0.1) is 0 Å². The van der Waals surface area contributed by atoms with Crippen molar-refractivity contribution < 1.29 is 9.53 Å². The fourth-order valence-corrected chi connectivity index (χ4v) is 3.20. The van der Waals surface area contributed by atoms with Crippen LogP contribution >= 0.6 is 11.3 Å². The Morgan fingerprint density at radius 2 is 2.20 bits per heavy atom. The number of rotatable bonds is 3. The van der Waals surface area contributed by atoms with Gasteiger partial charge in [-0.3, -0.25) is 9.59 Å². The minimum Gasteiger partial charge on any atom is -0.466 e. The Morgan fingerprint density at radius 3 is 3.00 bits per heavy atom. The summed E-state index contributed by atoms with van der Waals surface area (Å²) in [4.78, 5) is 31.3. The van der Waals surface area contributed by atoms with E-state index in [1.165, 1.54) is 11.3 Å². The fourth-order valence-electron chi connectivity index (χ4n) is 2.11. The Bertz CT molecular complexity index is 850. The first-order valence-corrected chi connectivity index (χ1v) is 7.06. The van der Waals surface area contributed by atoms with E-state index < -0.39 is 5.97 Å². The third-order valence-corrected chi connectivity index (χ3v) is 3.98. The number of carbonyl (C=O) groups is 1. The largest absolute Gasteiger partial charge is 0.466 e. The summed E-state index contributed by atoms with van der Waals surface area (Å²) >= 11 is 1.45. The molecule has 0 saturated carbocycles. The van der Waals surface area contributed by atoms with Crippen LogP contribution in [0.25, 0.3) is 20.3 Å². The molecule has 0 aliphatic carbocycles. The van der Waals surface area contributed by atoms with Gasteiger partial charge >= 0.3 is 5.97 Å². The fraction of sp³-hybridized carbons (Fsp3) is 0.214. The highest BCUT2D eigenvalue weighted by molar-refractivity contribution is 7.25. The minimum atomic E-state index is -0.392. The Hall–Kier alpha value is -2.21. The van der Waals surface area contributed by atoms with Crippen LogP contribution in [0.1, 0.15) is 12.7 Å². The van der Waals surface area contributed by atoms with Gasteiger partial charge < -0.3 is 9.72 Å². The van der Waals surface area contributed by atoms with E-state index in [4.69, 9.17) is 4.74 Å². The van der Waals surface area contributed by atoms with Gasteiger partial charge in [0.15, 0.2) is 0 Å². The van der Waals surface area contributed by atoms with Crippen molar-refractivity contribution in [3.05, 3.63) is 40.4 Å². The van der Waals surface area contributed by atoms with Crippen molar-refractivity contribution in [2.75, 3.05) is 6.61 Å². The number of nitrogens with zero attached hydrogens (tertiary/aromatic N) is 1. The monoisotopic (exact) mass is 288 g/mol. The Kier molecular flexibility index (Phi) is 3.23. The van der Waals surface area contributed by atoms with Crippen LogP contribution in [0.4, 0.5) is 0 Å². The number of aromatic amines is 1. The van der Waals surface area contributed by atoms with Crippen molar-refractivity contribution in [1.82, 2.24) is 9.97 Å². The van der Waals surface area contributed by atoms with E-state index >= 15 is 0 Å². The number of hydrogen-bond donors (Lipinski definition) is 1. The van der Waals surface area contributed by atoms with Crippen LogP contribution < -0.4 is 5.56 Å². The van der Waals surface area contributed by atoms with Crippen molar-refractivity contribution in [3.8, 4) is 0 Å². The maximum absolute atomic E-state index is 12.2. The molecule has 0 bridgehead atoms. The highest BCUT2D eigenvalue weighted by Gasteiger charge is 2.13. The molecule has 1 N–H and O–H groups in total. The van der Waals surface area contributed by atoms with E-state index in [1.54, 1.807) is 6.92 Å². The van der Waals surface area contributed by atoms with Crippen LogP contribution in [-0.2, 0) is 16.0 Å². The summed E-state index contributed by atoms with van der Waals surface area (Å²) in [5.41, 5.74) is -0.216. The smallest absolute Gasteiger partial charge is 0.313 e. The van der Waals surface area contributed by atoms with Crippen LogP contribution in [0.5, 0.6) is 0 Å². The number of aromatic nitrogens is 2. The lowest BCUT2D eigenvalue weighted by molar-refractivity contribution is -0.142. The van der Waals surface area contributed by atoms with Crippen molar-refractivity contribution >= 4 is 37.6 Å². The molecule has 0 unspecified atom stereocenters. The molecular weight excluding hydrogens is 276 g/mol. The third kappa shape index (κ3) is 2.18. The maximum atomic E-state index is 12.2. The third-order valence-electron chi connectivity index (χ3n) is 2.92. The average molecular weight is 288 g/mol. The molecule has 0 aliphatic heterocycles. The van der Waals surface area contributed by atoms with Gasteiger partial charge in [-0.25, -0.2) is 4.98 Å². The van der Waals surface area contributed by atoms with E-state index in [0.29, 0.717) is 22.6 Å². The van der Waals surface area contributed by atoms with E-state index in [0.717, 1.165) is 10.1 Å². The van der Waals surface area contributed by atoms with Crippen molar-refractivity contribution in [1.29, 1.82) is 0 Å². The van der Waals surface area contributed by atoms with E-state index in [1.807, 2.05) is 24.3 Å².